The number of carbonyl (C=O) groups is 2. The number of quaternary nitrogens is 2. The summed E-state index contributed by atoms with van der Waals surface area (Å²) in [5.74, 6) is -0.106. The first-order chi connectivity index (χ1) is 11.6. The van der Waals surface area contributed by atoms with Crippen LogP contribution in [0.25, 0.3) is 10.8 Å². The van der Waals surface area contributed by atoms with Crippen molar-refractivity contribution < 1.29 is 19.4 Å². The van der Waals surface area contributed by atoms with E-state index in [2.05, 4.69) is 7.05 Å². The van der Waals surface area contributed by atoms with Crippen LogP contribution in [0.2, 0.25) is 0 Å². The molecular weight excluding hydrogens is 302 g/mol. The summed E-state index contributed by atoms with van der Waals surface area (Å²) in [5.41, 5.74) is 0.727. The molecule has 2 heterocycles. The lowest BCUT2D eigenvalue weighted by molar-refractivity contribution is -1.01. The maximum Gasteiger partial charge on any atom is 0.292 e. The van der Waals surface area contributed by atoms with Gasteiger partial charge in [-0.05, 0) is 11.5 Å². The van der Waals surface area contributed by atoms with Crippen LogP contribution in [-0.2, 0) is 9.59 Å². The fraction of sp³-hybridized carbons (Fsp3) is 0.368. The SMILES string of the molecule is C[NH+]1CC[NH+]([C@H]2CC(=O)N(c3cccc4ccccc34)C2=O)CC1. The summed E-state index contributed by atoms with van der Waals surface area (Å²) >= 11 is 0. The van der Waals surface area contributed by atoms with E-state index in [1.807, 2.05) is 42.5 Å². The van der Waals surface area contributed by atoms with E-state index in [0.717, 1.165) is 42.6 Å². The lowest BCUT2D eigenvalue weighted by Gasteiger charge is -2.30. The van der Waals surface area contributed by atoms with Crippen LogP contribution < -0.4 is 14.7 Å². The van der Waals surface area contributed by atoms with Crippen LogP contribution in [0.4, 0.5) is 5.69 Å². The van der Waals surface area contributed by atoms with Gasteiger partial charge in [0, 0.05) is 5.39 Å². The van der Waals surface area contributed by atoms with Crippen molar-refractivity contribution in [3.05, 3.63) is 42.5 Å². The van der Waals surface area contributed by atoms with Crippen molar-refractivity contribution in [1.82, 2.24) is 0 Å². The minimum absolute atomic E-state index is 0.0362. The Morgan fingerprint density at radius 3 is 2.46 bits per heavy atom. The van der Waals surface area contributed by atoms with Gasteiger partial charge >= 0.3 is 0 Å². The quantitative estimate of drug-likeness (QED) is 0.688. The Balaban J connectivity index is 1.66. The van der Waals surface area contributed by atoms with Crippen molar-refractivity contribution in [2.24, 2.45) is 0 Å². The number of likely N-dealkylation sites (N-methyl/N-ethyl adjacent to an activating group) is 1. The number of nitrogens with one attached hydrogen (secondary N) is 2. The average Bonchev–Trinajstić information content (AvgIpc) is 2.90. The molecule has 24 heavy (non-hydrogen) atoms. The zero-order valence-corrected chi connectivity index (χ0v) is 13.9. The maximum absolute atomic E-state index is 13.0. The molecule has 2 N–H and O–H groups in total. The molecule has 2 aromatic rings. The molecule has 5 nitrogen and oxygen atoms in total. The Morgan fingerprint density at radius 2 is 1.67 bits per heavy atom. The molecule has 2 aliphatic rings. The second-order valence-corrected chi connectivity index (χ2v) is 6.94. The van der Waals surface area contributed by atoms with Gasteiger partial charge in [-0.2, -0.15) is 0 Å². The first-order valence-corrected chi connectivity index (χ1v) is 8.65. The Bertz CT molecular complexity index is 791. The zero-order chi connectivity index (χ0) is 16.7. The van der Waals surface area contributed by atoms with Gasteiger partial charge in [0.25, 0.3) is 5.91 Å². The normalized spacial score (nSPS) is 27.9. The van der Waals surface area contributed by atoms with Gasteiger partial charge in [0.2, 0.25) is 5.91 Å². The predicted molar refractivity (Wildman–Crippen MR) is 92.2 cm³/mol. The summed E-state index contributed by atoms with van der Waals surface area (Å²) in [4.78, 5) is 29.8. The fourth-order valence-corrected chi connectivity index (χ4v) is 3.95. The van der Waals surface area contributed by atoms with E-state index in [-0.39, 0.29) is 17.9 Å². The summed E-state index contributed by atoms with van der Waals surface area (Å²) in [5, 5.41) is 2.01. The van der Waals surface area contributed by atoms with Crippen LogP contribution in [0.15, 0.2) is 42.5 Å². The van der Waals surface area contributed by atoms with Crippen LogP contribution in [0.1, 0.15) is 6.42 Å². The van der Waals surface area contributed by atoms with Gasteiger partial charge in [-0.25, -0.2) is 4.90 Å². The molecule has 4 rings (SSSR count). The highest BCUT2D eigenvalue weighted by Gasteiger charge is 2.47. The first kappa shape index (κ1) is 15.3. The lowest BCUT2D eigenvalue weighted by Crippen LogP contribution is -3.29. The van der Waals surface area contributed by atoms with E-state index in [1.54, 1.807) is 0 Å². The predicted octanol–water partition coefficient (Wildman–Crippen LogP) is -1.12. The van der Waals surface area contributed by atoms with E-state index in [9.17, 15) is 9.59 Å². The molecular formula is C19H23N3O2+2. The number of rotatable bonds is 2. The lowest BCUT2D eigenvalue weighted by atomic mass is 10.1. The van der Waals surface area contributed by atoms with Crippen molar-refractivity contribution in [3.63, 3.8) is 0 Å². The van der Waals surface area contributed by atoms with Gasteiger partial charge in [0.15, 0.2) is 6.04 Å². The molecule has 2 aliphatic heterocycles. The third-order valence-corrected chi connectivity index (χ3v) is 5.39. The average molecular weight is 325 g/mol. The number of piperazine rings is 1. The second-order valence-electron chi connectivity index (χ2n) is 6.94. The van der Waals surface area contributed by atoms with Gasteiger partial charge in [-0.15, -0.1) is 0 Å². The van der Waals surface area contributed by atoms with Crippen LogP contribution >= 0.6 is 0 Å². The zero-order valence-electron chi connectivity index (χ0n) is 13.9. The summed E-state index contributed by atoms with van der Waals surface area (Å²) in [7, 11) is 2.18. The Hall–Kier alpha value is -2.24. The number of benzene rings is 2. The number of carbonyl (C=O) groups excluding carboxylic acids is 2. The third kappa shape index (κ3) is 2.50. The number of imide groups is 1. The Morgan fingerprint density at radius 1 is 0.958 bits per heavy atom. The van der Waals surface area contributed by atoms with Crippen LogP contribution in [0.5, 0.6) is 0 Å². The summed E-state index contributed by atoms with van der Waals surface area (Å²) in [6, 6.07) is 13.5. The molecule has 2 amide bonds. The Labute approximate surface area is 141 Å². The van der Waals surface area contributed by atoms with Crippen molar-refractivity contribution in [2.45, 2.75) is 12.5 Å². The molecule has 0 aliphatic carbocycles. The second kappa shape index (κ2) is 6.00. The molecule has 124 valence electrons. The molecule has 0 radical (unpaired) electrons. The van der Waals surface area contributed by atoms with Crippen molar-refractivity contribution in [1.29, 1.82) is 0 Å². The molecule has 1 atom stereocenters. The highest BCUT2D eigenvalue weighted by molar-refractivity contribution is 6.24. The molecule has 0 bridgehead atoms. The van der Waals surface area contributed by atoms with Crippen LogP contribution in [-0.4, -0.2) is 51.1 Å². The number of amides is 2. The number of hydrogen-bond acceptors (Lipinski definition) is 2. The van der Waals surface area contributed by atoms with E-state index < -0.39 is 0 Å². The monoisotopic (exact) mass is 325 g/mol. The molecule has 0 aromatic heterocycles. The highest BCUT2D eigenvalue weighted by atomic mass is 16.2. The van der Waals surface area contributed by atoms with Crippen LogP contribution in [0.3, 0.4) is 0 Å². The first-order valence-electron chi connectivity index (χ1n) is 8.65. The standard InChI is InChI=1S/C19H21N3O2/c1-20-9-11-21(12-10-20)17-13-18(23)22(19(17)24)16-8-4-6-14-5-2-3-7-15(14)16/h2-8,17H,9-13H2,1H3/p+2/t17-/m0/s1. The molecule has 0 saturated carbocycles. The van der Waals surface area contributed by atoms with E-state index in [0.29, 0.717) is 6.42 Å². The van der Waals surface area contributed by atoms with Crippen molar-refractivity contribution in [2.75, 3.05) is 38.1 Å². The van der Waals surface area contributed by atoms with Gasteiger partial charge in [-0.1, -0.05) is 36.4 Å². The number of nitrogens with zero attached hydrogens (tertiary/aromatic N) is 1. The molecule has 2 fully saturated rings. The van der Waals surface area contributed by atoms with Crippen molar-refractivity contribution >= 4 is 28.3 Å². The number of fused-ring (bicyclic) bond motifs is 1. The van der Waals surface area contributed by atoms with Gasteiger partial charge in [0.1, 0.15) is 26.2 Å². The summed E-state index contributed by atoms with van der Waals surface area (Å²) in [6.45, 7) is 4.03. The molecule has 0 unspecified atom stereocenters. The van der Waals surface area contributed by atoms with E-state index in [4.69, 9.17) is 0 Å². The van der Waals surface area contributed by atoms with Crippen LogP contribution in [0, 0.1) is 0 Å². The molecule has 2 saturated heterocycles. The molecule has 0 spiro atoms. The Kier molecular flexibility index (Phi) is 3.82. The topological polar surface area (TPSA) is 46.3 Å². The largest absolute Gasteiger partial charge is 0.328 e. The minimum Gasteiger partial charge on any atom is -0.328 e. The number of anilines is 1. The minimum atomic E-state index is -0.218. The summed E-state index contributed by atoms with van der Waals surface area (Å²) < 4.78 is 0. The van der Waals surface area contributed by atoms with Crippen molar-refractivity contribution in [3.8, 4) is 0 Å². The number of hydrogen-bond donors (Lipinski definition) is 2. The summed E-state index contributed by atoms with van der Waals surface area (Å²) in [6.07, 6.45) is 0.330. The van der Waals surface area contributed by atoms with Gasteiger partial charge in [0.05, 0.1) is 19.2 Å². The van der Waals surface area contributed by atoms with Gasteiger partial charge < -0.3 is 9.80 Å². The van der Waals surface area contributed by atoms with E-state index >= 15 is 0 Å². The molecule has 5 heteroatoms. The third-order valence-electron chi connectivity index (χ3n) is 5.39. The fourth-order valence-electron chi connectivity index (χ4n) is 3.95. The highest BCUT2D eigenvalue weighted by Crippen LogP contribution is 2.30. The molecule has 2 aromatic carbocycles. The maximum atomic E-state index is 13.0. The van der Waals surface area contributed by atoms with E-state index in [1.165, 1.54) is 14.7 Å². The smallest absolute Gasteiger partial charge is 0.292 e. The van der Waals surface area contributed by atoms with Gasteiger partial charge in [-0.3, -0.25) is 9.59 Å².